The lowest BCUT2D eigenvalue weighted by molar-refractivity contribution is 0.954. The maximum absolute atomic E-state index is 9.08. The Morgan fingerprint density at radius 2 is 1.87 bits per heavy atom. The van der Waals surface area contributed by atoms with Crippen LogP contribution >= 0.6 is 11.6 Å². The molecular weight excluding hydrogens is 310 g/mol. The number of rotatable bonds is 1. The number of aromatic nitrogens is 3. The summed E-state index contributed by atoms with van der Waals surface area (Å²) in [6.45, 7) is 0. The van der Waals surface area contributed by atoms with Crippen molar-refractivity contribution in [1.82, 2.24) is 14.6 Å². The van der Waals surface area contributed by atoms with Crippen LogP contribution in [-0.4, -0.2) is 14.6 Å². The number of halogens is 1. The van der Waals surface area contributed by atoms with E-state index in [1.54, 1.807) is 6.20 Å². The van der Waals surface area contributed by atoms with Gasteiger partial charge in [0.25, 0.3) is 0 Å². The average Bonchev–Trinajstić information content (AvgIpc) is 2.99. The molecule has 2 aromatic carbocycles. The Balaban J connectivity index is 2.08. The van der Waals surface area contributed by atoms with Gasteiger partial charge in [-0.3, -0.25) is 0 Å². The molecule has 2 heterocycles. The highest BCUT2D eigenvalue weighted by molar-refractivity contribution is 6.36. The molecule has 0 unspecified atom stereocenters. The van der Waals surface area contributed by atoms with E-state index >= 15 is 0 Å². The molecule has 6 heteroatoms. The summed E-state index contributed by atoms with van der Waals surface area (Å²) in [7, 11) is 0. The lowest BCUT2D eigenvalue weighted by Gasteiger charge is -2.11. The number of anilines is 1. The normalized spacial score (nSPS) is 11.0. The van der Waals surface area contributed by atoms with Gasteiger partial charge in [0.05, 0.1) is 6.20 Å². The van der Waals surface area contributed by atoms with Crippen LogP contribution in [0.2, 0.25) is 5.02 Å². The van der Waals surface area contributed by atoms with Gasteiger partial charge in [-0.05, 0) is 17.0 Å². The van der Waals surface area contributed by atoms with Crippen LogP contribution in [-0.2, 0) is 0 Å². The van der Waals surface area contributed by atoms with Crippen LogP contribution in [0.15, 0.2) is 48.8 Å². The molecule has 110 valence electrons. The van der Waals surface area contributed by atoms with Crippen molar-refractivity contribution >= 4 is 33.8 Å². The van der Waals surface area contributed by atoms with E-state index in [9.17, 15) is 0 Å². The van der Waals surface area contributed by atoms with Crippen LogP contribution in [0.3, 0.4) is 0 Å². The van der Waals surface area contributed by atoms with E-state index in [4.69, 9.17) is 22.6 Å². The Morgan fingerprint density at radius 3 is 2.65 bits per heavy atom. The molecule has 0 saturated heterocycles. The van der Waals surface area contributed by atoms with Crippen molar-refractivity contribution in [2.45, 2.75) is 0 Å². The molecule has 0 atom stereocenters. The molecule has 0 spiro atoms. The topological polar surface area (TPSA) is 80.0 Å². The van der Waals surface area contributed by atoms with Crippen molar-refractivity contribution in [2.75, 3.05) is 5.73 Å². The zero-order valence-corrected chi connectivity index (χ0v) is 12.6. The van der Waals surface area contributed by atoms with Crippen LogP contribution in [0.1, 0.15) is 5.56 Å². The largest absolute Gasteiger partial charge is 0.383 e. The van der Waals surface area contributed by atoms with E-state index < -0.39 is 0 Å². The second-order valence-electron chi connectivity index (χ2n) is 5.11. The highest BCUT2D eigenvalue weighted by Crippen LogP contribution is 2.36. The molecule has 2 aromatic heterocycles. The van der Waals surface area contributed by atoms with Gasteiger partial charge >= 0.3 is 0 Å². The Morgan fingerprint density at radius 1 is 1.09 bits per heavy atom. The molecule has 5 nitrogen and oxygen atoms in total. The summed E-state index contributed by atoms with van der Waals surface area (Å²) in [4.78, 5) is 4.34. The Bertz CT molecular complexity index is 1100. The van der Waals surface area contributed by atoms with Crippen molar-refractivity contribution < 1.29 is 0 Å². The molecule has 0 aliphatic carbocycles. The van der Waals surface area contributed by atoms with Crippen LogP contribution in [0.5, 0.6) is 0 Å². The predicted molar refractivity (Wildman–Crippen MR) is 90.1 cm³/mol. The highest BCUT2D eigenvalue weighted by atomic mass is 35.5. The molecule has 2 N–H and O–H groups in total. The average molecular weight is 320 g/mol. The van der Waals surface area contributed by atoms with Crippen molar-refractivity contribution in [3.05, 3.63) is 59.4 Å². The SMILES string of the molecule is N#Cc1cnn2c(N)c(-c3cccc4cccc(Cl)c34)cnc12. The quantitative estimate of drug-likeness (QED) is 0.580. The zero-order valence-electron chi connectivity index (χ0n) is 11.9. The monoisotopic (exact) mass is 319 g/mol. The molecule has 0 bridgehead atoms. The van der Waals surface area contributed by atoms with Gasteiger partial charge in [0, 0.05) is 22.2 Å². The molecular formula is C17H10ClN5. The lowest BCUT2D eigenvalue weighted by atomic mass is 9.99. The molecule has 0 aliphatic heterocycles. The van der Waals surface area contributed by atoms with Crippen molar-refractivity contribution in [2.24, 2.45) is 0 Å². The first-order valence-corrected chi connectivity index (χ1v) is 7.28. The third-order valence-electron chi connectivity index (χ3n) is 3.83. The van der Waals surface area contributed by atoms with Gasteiger partial charge in [-0.25, -0.2) is 4.98 Å². The van der Waals surface area contributed by atoms with E-state index in [1.165, 1.54) is 10.7 Å². The molecule has 0 radical (unpaired) electrons. The Kier molecular flexibility index (Phi) is 2.93. The fourth-order valence-electron chi connectivity index (χ4n) is 2.75. The summed E-state index contributed by atoms with van der Waals surface area (Å²) >= 11 is 6.38. The molecule has 0 aliphatic rings. The maximum Gasteiger partial charge on any atom is 0.175 e. The van der Waals surface area contributed by atoms with Crippen molar-refractivity contribution in [3.63, 3.8) is 0 Å². The minimum Gasteiger partial charge on any atom is -0.383 e. The van der Waals surface area contributed by atoms with E-state index in [0.29, 0.717) is 22.1 Å². The summed E-state index contributed by atoms with van der Waals surface area (Å²) in [6.07, 6.45) is 3.11. The molecule has 0 saturated carbocycles. The molecule has 0 amide bonds. The molecule has 4 aromatic rings. The number of fused-ring (bicyclic) bond motifs is 2. The summed E-state index contributed by atoms with van der Waals surface area (Å²) in [6, 6.07) is 13.7. The second kappa shape index (κ2) is 4.97. The smallest absolute Gasteiger partial charge is 0.175 e. The summed E-state index contributed by atoms with van der Waals surface area (Å²) in [5, 5.41) is 15.8. The molecule has 4 rings (SSSR count). The van der Waals surface area contributed by atoms with Crippen LogP contribution < -0.4 is 5.73 Å². The third-order valence-corrected chi connectivity index (χ3v) is 4.14. The number of nitrogen functional groups attached to an aromatic ring is 1. The first kappa shape index (κ1) is 13.6. The molecule has 23 heavy (non-hydrogen) atoms. The highest BCUT2D eigenvalue weighted by Gasteiger charge is 2.15. The van der Waals surface area contributed by atoms with Crippen LogP contribution in [0, 0.1) is 11.3 Å². The number of nitriles is 1. The third kappa shape index (κ3) is 1.93. The van der Waals surface area contributed by atoms with Gasteiger partial charge in [-0.15, -0.1) is 0 Å². The van der Waals surface area contributed by atoms with Gasteiger partial charge in [0.2, 0.25) is 0 Å². The van der Waals surface area contributed by atoms with Crippen molar-refractivity contribution in [3.8, 4) is 17.2 Å². The van der Waals surface area contributed by atoms with Gasteiger partial charge in [-0.2, -0.15) is 14.9 Å². The van der Waals surface area contributed by atoms with Crippen molar-refractivity contribution in [1.29, 1.82) is 5.26 Å². The number of benzene rings is 2. The fraction of sp³-hybridized carbons (Fsp3) is 0. The van der Waals surface area contributed by atoms with Gasteiger partial charge in [-0.1, -0.05) is 41.9 Å². The Hall–Kier alpha value is -3.10. The summed E-state index contributed by atoms with van der Waals surface area (Å²) in [5.74, 6) is 0.420. The lowest BCUT2D eigenvalue weighted by Crippen LogP contribution is -2.03. The van der Waals surface area contributed by atoms with E-state index in [0.717, 1.165) is 21.9 Å². The predicted octanol–water partition coefficient (Wildman–Crippen LogP) is 3.66. The Labute approximate surface area is 136 Å². The molecule has 0 fully saturated rings. The number of nitrogens with two attached hydrogens (primary N) is 1. The minimum atomic E-state index is 0.388. The van der Waals surface area contributed by atoms with Gasteiger partial charge in [0.1, 0.15) is 17.5 Å². The standard InChI is InChI=1S/C17H10ClN5/c18-14-6-2-4-10-3-1-5-12(15(10)14)13-9-21-17-11(7-19)8-22-23(17)16(13)20/h1-6,8-9H,20H2. The summed E-state index contributed by atoms with van der Waals surface area (Å²) < 4.78 is 1.48. The van der Waals surface area contributed by atoms with Gasteiger partial charge in [0.15, 0.2) is 5.65 Å². The first-order valence-electron chi connectivity index (χ1n) is 6.90. The fourth-order valence-corrected chi connectivity index (χ4v) is 3.04. The number of hydrogen-bond donors (Lipinski definition) is 1. The zero-order chi connectivity index (χ0) is 16.0. The van der Waals surface area contributed by atoms with Crippen LogP contribution in [0.4, 0.5) is 5.82 Å². The van der Waals surface area contributed by atoms with E-state index in [-0.39, 0.29) is 0 Å². The summed E-state index contributed by atoms with van der Waals surface area (Å²) in [5.41, 5.74) is 8.71. The van der Waals surface area contributed by atoms with Gasteiger partial charge < -0.3 is 5.73 Å². The van der Waals surface area contributed by atoms with Crippen LogP contribution in [0.25, 0.3) is 27.5 Å². The van der Waals surface area contributed by atoms with E-state index in [2.05, 4.69) is 16.2 Å². The number of nitrogens with zero attached hydrogens (tertiary/aromatic N) is 4. The van der Waals surface area contributed by atoms with E-state index in [1.807, 2.05) is 36.4 Å². The maximum atomic E-state index is 9.08. The minimum absolute atomic E-state index is 0.388. The number of hydrogen-bond acceptors (Lipinski definition) is 4. The second-order valence-corrected chi connectivity index (χ2v) is 5.51. The first-order chi connectivity index (χ1) is 11.2.